The lowest BCUT2D eigenvalue weighted by Gasteiger charge is -2.37. The fourth-order valence-corrected chi connectivity index (χ4v) is 8.90. The number of imidazole rings is 2. The lowest BCUT2D eigenvalue weighted by atomic mass is 9.92. The molecule has 61 heavy (non-hydrogen) atoms. The van der Waals surface area contributed by atoms with Crippen molar-refractivity contribution in [3.63, 3.8) is 0 Å². The highest BCUT2D eigenvalue weighted by molar-refractivity contribution is 6.32. The molecule has 324 valence electrons. The minimum Gasteiger partial charge on any atom is -0.338 e. The van der Waals surface area contributed by atoms with E-state index in [0.717, 1.165) is 87.7 Å². The van der Waals surface area contributed by atoms with Gasteiger partial charge in [0.05, 0.1) is 38.9 Å². The quantitative estimate of drug-likeness (QED) is 0.0858. The molecular weight excluding hydrogens is 808 g/mol. The minimum absolute atomic E-state index is 0.0935. The van der Waals surface area contributed by atoms with Crippen LogP contribution in [0.1, 0.15) is 73.9 Å². The standard InChI is InChI=1S/C44H53ClF4N12/c1-26-33(45)10-12-35-37(26)55-40(53-35)31-24-50-42(52-28(31)3)60(18-6-8-29-14-20-58(4)21-15-29)61(19-7-9-30-16-22-59(5)23-17-30)43-51-25-32(39(57-43)44(47,48)49)41-54-36-13-11-34(46)27(2)38(36)56-41/h10-13,24-25,29-30H,6-9,14-23H2,1-5H3,(H,53,55)(H,54,56). The third-order valence-electron chi connectivity index (χ3n) is 12.6. The van der Waals surface area contributed by atoms with Crippen LogP contribution in [0.15, 0.2) is 36.7 Å². The molecule has 8 rings (SSSR count). The molecule has 0 radical (unpaired) electrons. The lowest BCUT2D eigenvalue weighted by Crippen LogP contribution is -2.47. The van der Waals surface area contributed by atoms with E-state index in [0.29, 0.717) is 64.9 Å². The summed E-state index contributed by atoms with van der Waals surface area (Å²) >= 11 is 6.41. The number of aromatic nitrogens is 8. The Morgan fingerprint density at radius 3 is 1.72 bits per heavy atom. The predicted octanol–water partition coefficient (Wildman–Crippen LogP) is 9.56. The molecule has 0 spiro atoms. The number of H-pyrrole nitrogens is 2. The maximum Gasteiger partial charge on any atom is 0.434 e. The Bertz CT molecular complexity index is 2490. The zero-order chi connectivity index (χ0) is 43.0. The summed E-state index contributed by atoms with van der Waals surface area (Å²) < 4.78 is 60.0. The molecule has 2 aliphatic heterocycles. The molecule has 6 heterocycles. The zero-order valence-corrected chi connectivity index (χ0v) is 36.1. The van der Waals surface area contributed by atoms with Gasteiger partial charge in [-0.2, -0.15) is 13.2 Å². The second-order valence-corrected chi connectivity index (χ2v) is 17.3. The summed E-state index contributed by atoms with van der Waals surface area (Å²) in [5, 5.41) is 4.22. The van der Waals surface area contributed by atoms with Gasteiger partial charge in [-0.3, -0.25) is 0 Å². The lowest BCUT2D eigenvalue weighted by molar-refractivity contribution is -0.140. The Morgan fingerprint density at radius 1 is 0.689 bits per heavy atom. The summed E-state index contributed by atoms with van der Waals surface area (Å²) in [5.41, 5.74) is 3.20. The van der Waals surface area contributed by atoms with Gasteiger partial charge in [-0.25, -0.2) is 44.3 Å². The number of nitrogens with one attached hydrogen (secondary N) is 2. The Labute approximate surface area is 358 Å². The van der Waals surface area contributed by atoms with Crippen molar-refractivity contribution >= 4 is 45.6 Å². The van der Waals surface area contributed by atoms with E-state index >= 15 is 13.2 Å². The number of anilines is 2. The van der Waals surface area contributed by atoms with Crippen LogP contribution >= 0.6 is 11.6 Å². The third kappa shape index (κ3) is 9.31. The fraction of sp³-hybridized carbons (Fsp3) is 0.500. The van der Waals surface area contributed by atoms with Gasteiger partial charge < -0.3 is 19.8 Å². The van der Waals surface area contributed by atoms with E-state index in [4.69, 9.17) is 26.6 Å². The Kier molecular flexibility index (Phi) is 12.5. The molecule has 12 nitrogen and oxygen atoms in total. The highest BCUT2D eigenvalue weighted by atomic mass is 35.5. The maximum atomic E-state index is 15.2. The van der Waals surface area contributed by atoms with Crippen molar-refractivity contribution in [3.8, 4) is 22.8 Å². The smallest absolute Gasteiger partial charge is 0.338 e. The predicted molar refractivity (Wildman–Crippen MR) is 232 cm³/mol. The molecule has 0 atom stereocenters. The van der Waals surface area contributed by atoms with Crippen molar-refractivity contribution < 1.29 is 17.6 Å². The first-order valence-electron chi connectivity index (χ1n) is 21.2. The molecule has 0 amide bonds. The summed E-state index contributed by atoms with van der Waals surface area (Å²) in [6.45, 7) is 10.2. The SMILES string of the molecule is Cc1nc(N(CCCC2CCN(C)CC2)N(CCCC2CCN(C)CC2)c2ncc(-c3nc4c(C)c(F)ccc4[nH]3)c(C(F)(F)F)n2)ncc1-c1nc2c(C)c(Cl)ccc2[nH]1. The van der Waals surface area contributed by atoms with E-state index in [1.165, 1.54) is 18.3 Å². The molecular formula is C44H53ClF4N12. The Hall–Kier alpha value is -4.93. The maximum absolute atomic E-state index is 15.2. The number of fused-ring (bicyclic) bond motifs is 2. The number of alkyl halides is 3. The van der Waals surface area contributed by atoms with E-state index in [1.54, 1.807) is 18.1 Å². The molecule has 0 aliphatic carbocycles. The molecule has 0 bridgehead atoms. The van der Waals surface area contributed by atoms with E-state index in [-0.39, 0.29) is 28.4 Å². The van der Waals surface area contributed by atoms with Gasteiger partial charge in [-0.1, -0.05) is 11.6 Å². The number of nitrogens with zero attached hydrogens (tertiary/aromatic N) is 10. The van der Waals surface area contributed by atoms with Gasteiger partial charge in [0.25, 0.3) is 0 Å². The van der Waals surface area contributed by atoms with E-state index in [2.05, 4.69) is 48.8 Å². The highest BCUT2D eigenvalue weighted by Crippen LogP contribution is 2.38. The largest absolute Gasteiger partial charge is 0.434 e. The number of benzene rings is 2. The first-order chi connectivity index (χ1) is 29.2. The number of hydrogen-bond acceptors (Lipinski definition) is 10. The number of halogens is 5. The number of hydrogen-bond donors (Lipinski definition) is 2. The molecule has 2 N–H and O–H groups in total. The fourth-order valence-electron chi connectivity index (χ4n) is 8.75. The molecule has 2 aromatic carbocycles. The van der Waals surface area contributed by atoms with Gasteiger partial charge in [-0.05, 0) is 154 Å². The van der Waals surface area contributed by atoms with Gasteiger partial charge >= 0.3 is 6.18 Å². The highest BCUT2D eigenvalue weighted by Gasteiger charge is 2.39. The normalized spacial score (nSPS) is 16.3. The number of rotatable bonds is 13. The molecule has 2 saturated heterocycles. The van der Waals surface area contributed by atoms with Crippen molar-refractivity contribution in [3.05, 3.63) is 70.0 Å². The van der Waals surface area contributed by atoms with Gasteiger partial charge in [0.1, 0.15) is 17.5 Å². The van der Waals surface area contributed by atoms with Crippen LogP contribution in [0.3, 0.4) is 0 Å². The molecule has 2 aliphatic rings. The van der Waals surface area contributed by atoms with Gasteiger partial charge in [0.15, 0.2) is 5.69 Å². The third-order valence-corrected chi connectivity index (χ3v) is 13.0. The van der Waals surface area contributed by atoms with Gasteiger partial charge in [-0.15, -0.1) is 0 Å². The van der Waals surface area contributed by atoms with Crippen LogP contribution in [0.5, 0.6) is 0 Å². The minimum atomic E-state index is -4.87. The average Bonchev–Trinajstić information content (AvgIpc) is 3.88. The summed E-state index contributed by atoms with van der Waals surface area (Å²) in [7, 11) is 4.27. The Balaban J connectivity index is 1.18. The van der Waals surface area contributed by atoms with Crippen LogP contribution in [0, 0.1) is 38.4 Å². The molecule has 17 heteroatoms. The van der Waals surface area contributed by atoms with Crippen LogP contribution < -0.4 is 10.0 Å². The second kappa shape index (κ2) is 17.8. The number of aryl methyl sites for hydroxylation is 3. The zero-order valence-electron chi connectivity index (χ0n) is 35.4. The van der Waals surface area contributed by atoms with Gasteiger partial charge in [0, 0.05) is 36.1 Å². The number of aromatic amines is 2. The molecule has 6 aromatic rings. The molecule has 0 saturated carbocycles. The van der Waals surface area contributed by atoms with Crippen molar-refractivity contribution in [2.75, 3.05) is 63.4 Å². The van der Waals surface area contributed by atoms with Crippen LogP contribution in [-0.2, 0) is 6.18 Å². The van der Waals surface area contributed by atoms with Gasteiger partial charge in [0.2, 0.25) is 11.9 Å². The van der Waals surface area contributed by atoms with Crippen molar-refractivity contribution in [1.82, 2.24) is 49.7 Å². The van der Waals surface area contributed by atoms with Crippen molar-refractivity contribution in [2.45, 2.75) is 78.3 Å². The summed E-state index contributed by atoms with van der Waals surface area (Å²) in [4.78, 5) is 39.1. The van der Waals surface area contributed by atoms with E-state index < -0.39 is 17.7 Å². The number of piperidine rings is 2. The molecule has 0 unspecified atom stereocenters. The number of hydrazine groups is 1. The van der Waals surface area contributed by atoms with Crippen LogP contribution in [0.4, 0.5) is 29.5 Å². The summed E-state index contributed by atoms with van der Waals surface area (Å²) in [6.07, 6.45) is 5.64. The van der Waals surface area contributed by atoms with Crippen molar-refractivity contribution in [1.29, 1.82) is 0 Å². The summed E-state index contributed by atoms with van der Waals surface area (Å²) in [6, 6.07) is 6.44. The second-order valence-electron chi connectivity index (χ2n) is 16.9. The van der Waals surface area contributed by atoms with E-state index in [1.807, 2.05) is 31.0 Å². The topological polar surface area (TPSA) is 122 Å². The molecule has 4 aromatic heterocycles. The van der Waals surface area contributed by atoms with Crippen LogP contribution in [0.25, 0.3) is 44.8 Å². The monoisotopic (exact) mass is 860 g/mol. The van der Waals surface area contributed by atoms with E-state index in [9.17, 15) is 4.39 Å². The molecule has 2 fully saturated rings. The average molecular weight is 861 g/mol. The van der Waals surface area contributed by atoms with Crippen LogP contribution in [0.2, 0.25) is 5.02 Å². The van der Waals surface area contributed by atoms with Crippen molar-refractivity contribution in [2.24, 2.45) is 11.8 Å². The first-order valence-corrected chi connectivity index (χ1v) is 21.6. The number of likely N-dealkylation sites (tertiary alicyclic amines) is 2. The first kappa shape index (κ1) is 42.7. The summed E-state index contributed by atoms with van der Waals surface area (Å²) in [5.74, 6) is 1.26. The Morgan fingerprint density at radius 2 is 1.18 bits per heavy atom. The van der Waals surface area contributed by atoms with Crippen LogP contribution in [-0.4, -0.2) is 103 Å².